The maximum Gasteiger partial charge on any atom is 0.276 e. The van der Waals surface area contributed by atoms with Crippen LogP contribution in [0.1, 0.15) is 17.5 Å². The van der Waals surface area contributed by atoms with Crippen molar-refractivity contribution in [3.05, 3.63) is 59.7 Å². The lowest BCUT2D eigenvalue weighted by atomic mass is 10.1. The molecule has 1 amide bonds. The van der Waals surface area contributed by atoms with E-state index in [1.54, 1.807) is 5.01 Å². The lowest BCUT2D eigenvalue weighted by Gasteiger charge is -2.20. The molecule has 1 aliphatic rings. The van der Waals surface area contributed by atoms with Crippen molar-refractivity contribution < 1.29 is 9.53 Å². The van der Waals surface area contributed by atoms with Crippen molar-refractivity contribution in [1.82, 2.24) is 5.43 Å². The third kappa shape index (κ3) is 3.39. The van der Waals surface area contributed by atoms with Gasteiger partial charge in [0.25, 0.3) is 5.91 Å². The van der Waals surface area contributed by atoms with E-state index in [2.05, 4.69) is 17.6 Å². The van der Waals surface area contributed by atoms with Crippen molar-refractivity contribution in [2.24, 2.45) is 0 Å². The fourth-order valence-corrected chi connectivity index (χ4v) is 2.72. The highest BCUT2D eigenvalue weighted by molar-refractivity contribution is 5.79. The number of amides is 1. The molecule has 4 nitrogen and oxygen atoms in total. The standard InChI is InChI=1S/C18H20N2O2/c1-20(16-8-3-2-4-9-16)19-18(21)13-22-17-11-10-14-6-5-7-15(14)12-17/h2-4,8-12H,5-7,13H2,1H3,(H,19,21). The third-order valence-corrected chi connectivity index (χ3v) is 3.88. The number of ether oxygens (including phenoxy) is 1. The molecule has 2 aromatic carbocycles. The molecule has 22 heavy (non-hydrogen) atoms. The number of hydrazine groups is 1. The number of benzene rings is 2. The minimum atomic E-state index is -0.174. The van der Waals surface area contributed by atoms with Crippen LogP contribution in [0.15, 0.2) is 48.5 Å². The highest BCUT2D eigenvalue weighted by atomic mass is 16.5. The monoisotopic (exact) mass is 296 g/mol. The van der Waals surface area contributed by atoms with E-state index < -0.39 is 0 Å². The minimum Gasteiger partial charge on any atom is -0.484 e. The highest BCUT2D eigenvalue weighted by Gasteiger charge is 2.12. The van der Waals surface area contributed by atoms with Gasteiger partial charge >= 0.3 is 0 Å². The minimum absolute atomic E-state index is 0.00988. The Hall–Kier alpha value is -2.49. The van der Waals surface area contributed by atoms with E-state index in [1.807, 2.05) is 43.4 Å². The molecule has 0 heterocycles. The SMILES string of the molecule is CN(NC(=O)COc1ccc2c(c1)CCC2)c1ccccc1. The summed E-state index contributed by atoms with van der Waals surface area (Å²) < 4.78 is 5.59. The lowest BCUT2D eigenvalue weighted by Crippen LogP contribution is -2.41. The number of hydrogen-bond donors (Lipinski definition) is 1. The van der Waals surface area contributed by atoms with Crippen LogP contribution < -0.4 is 15.2 Å². The zero-order valence-electron chi connectivity index (χ0n) is 12.7. The Kier molecular flexibility index (Phi) is 4.28. The van der Waals surface area contributed by atoms with Gasteiger partial charge in [0.05, 0.1) is 5.69 Å². The average molecular weight is 296 g/mol. The van der Waals surface area contributed by atoms with Gasteiger partial charge in [-0.2, -0.15) is 0 Å². The molecule has 0 fully saturated rings. The van der Waals surface area contributed by atoms with Crippen LogP contribution in [-0.4, -0.2) is 19.6 Å². The summed E-state index contributed by atoms with van der Waals surface area (Å²) in [5.41, 5.74) is 6.46. The largest absolute Gasteiger partial charge is 0.484 e. The molecule has 0 unspecified atom stereocenters. The third-order valence-electron chi connectivity index (χ3n) is 3.88. The molecule has 0 bridgehead atoms. The van der Waals surface area contributed by atoms with E-state index >= 15 is 0 Å². The molecule has 0 aliphatic heterocycles. The Morgan fingerprint density at radius 2 is 1.91 bits per heavy atom. The lowest BCUT2D eigenvalue weighted by molar-refractivity contribution is -0.123. The highest BCUT2D eigenvalue weighted by Crippen LogP contribution is 2.25. The van der Waals surface area contributed by atoms with Gasteiger partial charge in [0.15, 0.2) is 6.61 Å². The number of anilines is 1. The van der Waals surface area contributed by atoms with Crippen LogP contribution in [0, 0.1) is 0 Å². The Bertz CT molecular complexity index is 655. The van der Waals surface area contributed by atoms with Crippen LogP contribution in [0.4, 0.5) is 5.69 Å². The Morgan fingerprint density at radius 3 is 2.73 bits per heavy atom. The van der Waals surface area contributed by atoms with Gasteiger partial charge in [0.1, 0.15) is 5.75 Å². The first-order valence-corrected chi connectivity index (χ1v) is 7.55. The van der Waals surface area contributed by atoms with E-state index in [0.717, 1.165) is 24.3 Å². The molecule has 0 atom stereocenters. The van der Waals surface area contributed by atoms with Crippen LogP contribution >= 0.6 is 0 Å². The molecule has 1 N–H and O–H groups in total. The molecule has 0 spiro atoms. The van der Waals surface area contributed by atoms with Crippen molar-refractivity contribution in [2.45, 2.75) is 19.3 Å². The Labute approximate surface area is 130 Å². The summed E-state index contributed by atoms with van der Waals surface area (Å²) in [5, 5.41) is 1.69. The second-order valence-electron chi connectivity index (χ2n) is 5.50. The number of para-hydroxylation sites is 1. The first-order valence-electron chi connectivity index (χ1n) is 7.55. The summed E-state index contributed by atoms with van der Waals surface area (Å²) in [6.07, 6.45) is 3.47. The van der Waals surface area contributed by atoms with E-state index in [-0.39, 0.29) is 12.5 Å². The number of hydrogen-bond acceptors (Lipinski definition) is 3. The van der Waals surface area contributed by atoms with Gasteiger partial charge in [-0.05, 0) is 54.7 Å². The maximum absolute atomic E-state index is 12.0. The Balaban J connectivity index is 1.52. The predicted molar refractivity (Wildman–Crippen MR) is 86.9 cm³/mol. The molecule has 114 valence electrons. The molecule has 0 aromatic heterocycles. The van der Waals surface area contributed by atoms with Crippen molar-refractivity contribution in [2.75, 3.05) is 18.7 Å². The number of carbonyl (C=O) groups excluding carboxylic acids is 1. The number of carbonyl (C=O) groups is 1. The van der Waals surface area contributed by atoms with Gasteiger partial charge in [-0.15, -0.1) is 0 Å². The van der Waals surface area contributed by atoms with E-state index in [9.17, 15) is 4.79 Å². The molecule has 0 saturated carbocycles. The number of aryl methyl sites for hydroxylation is 2. The summed E-state index contributed by atoms with van der Waals surface area (Å²) in [6.45, 7) is 0.00988. The molecule has 3 rings (SSSR count). The van der Waals surface area contributed by atoms with E-state index in [0.29, 0.717) is 0 Å². The molecule has 4 heteroatoms. The average Bonchev–Trinajstić information content (AvgIpc) is 3.01. The molecule has 0 radical (unpaired) electrons. The van der Waals surface area contributed by atoms with Crippen molar-refractivity contribution in [1.29, 1.82) is 0 Å². The number of rotatable bonds is 5. The number of nitrogens with one attached hydrogen (secondary N) is 1. The predicted octanol–water partition coefficient (Wildman–Crippen LogP) is 2.72. The van der Waals surface area contributed by atoms with Crippen LogP contribution in [0.3, 0.4) is 0 Å². The molecular weight excluding hydrogens is 276 g/mol. The smallest absolute Gasteiger partial charge is 0.276 e. The number of nitrogens with zero attached hydrogens (tertiary/aromatic N) is 1. The maximum atomic E-state index is 12.0. The summed E-state index contributed by atoms with van der Waals surface area (Å²) in [7, 11) is 1.81. The topological polar surface area (TPSA) is 41.6 Å². The van der Waals surface area contributed by atoms with Crippen LogP contribution in [0.25, 0.3) is 0 Å². The molecular formula is C18H20N2O2. The van der Waals surface area contributed by atoms with Crippen LogP contribution in [-0.2, 0) is 17.6 Å². The van der Waals surface area contributed by atoms with Crippen LogP contribution in [0.2, 0.25) is 0 Å². The van der Waals surface area contributed by atoms with Crippen LogP contribution in [0.5, 0.6) is 5.75 Å². The quantitative estimate of drug-likeness (QED) is 0.863. The molecule has 1 aliphatic carbocycles. The molecule has 0 saturated heterocycles. The van der Waals surface area contributed by atoms with Gasteiger partial charge in [0, 0.05) is 7.05 Å². The number of fused-ring (bicyclic) bond motifs is 1. The fourth-order valence-electron chi connectivity index (χ4n) is 2.72. The zero-order chi connectivity index (χ0) is 15.4. The summed E-state index contributed by atoms with van der Waals surface area (Å²) >= 11 is 0. The summed E-state index contributed by atoms with van der Waals surface area (Å²) in [6, 6.07) is 15.8. The first-order chi connectivity index (χ1) is 10.7. The van der Waals surface area contributed by atoms with E-state index in [1.165, 1.54) is 17.5 Å². The van der Waals surface area contributed by atoms with Gasteiger partial charge in [0.2, 0.25) is 0 Å². The van der Waals surface area contributed by atoms with Crippen molar-refractivity contribution >= 4 is 11.6 Å². The second-order valence-corrected chi connectivity index (χ2v) is 5.50. The first kappa shape index (κ1) is 14.4. The summed E-state index contributed by atoms with van der Waals surface area (Å²) in [5.74, 6) is 0.588. The summed E-state index contributed by atoms with van der Waals surface area (Å²) in [4.78, 5) is 12.0. The van der Waals surface area contributed by atoms with Gasteiger partial charge < -0.3 is 4.74 Å². The van der Waals surface area contributed by atoms with Gasteiger partial charge in [-0.25, -0.2) is 0 Å². The van der Waals surface area contributed by atoms with E-state index in [4.69, 9.17) is 4.74 Å². The second kappa shape index (κ2) is 6.52. The van der Waals surface area contributed by atoms with Crippen molar-refractivity contribution in [3.63, 3.8) is 0 Å². The fraction of sp³-hybridized carbons (Fsp3) is 0.278. The van der Waals surface area contributed by atoms with Crippen molar-refractivity contribution in [3.8, 4) is 5.75 Å². The molecule has 2 aromatic rings. The van der Waals surface area contributed by atoms with Gasteiger partial charge in [-0.1, -0.05) is 24.3 Å². The normalized spacial score (nSPS) is 12.6. The Morgan fingerprint density at radius 1 is 1.14 bits per heavy atom. The van der Waals surface area contributed by atoms with Gasteiger partial charge in [-0.3, -0.25) is 15.2 Å². The zero-order valence-corrected chi connectivity index (χ0v) is 12.7.